The van der Waals surface area contributed by atoms with E-state index in [9.17, 15) is 9.59 Å². The van der Waals surface area contributed by atoms with Crippen LogP contribution in [0.2, 0.25) is 10.0 Å². The molecule has 186 valence electrons. The van der Waals surface area contributed by atoms with Crippen LogP contribution in [0.25, 0.3) is 0 Å². The minimum Gasteiger partial charge on any atom is -0.493 e. The second-order valence-corrected chi connectivity index (χ2v) is 9.95. The molecule has 0 saturated carbocycles. The second kappa shape index (κ2) is 12.3. The third-order valence-corrected chi connectivity index (χ3v) is 5.90. The van der Waals surface area contributed by atoms with Gasteiger partial charge in [0.15, 0.2) is 11.5 Å². The summed E-state index contributed by atoms with van der Waals surface area (Å²) in [4.78, 5) is 28.2. The van der Waals surface area contributed by atoms with Crippen molar-refractivity contribution < 1.29 is 19.1 Å². The van der Waals surface area contributed by atoms with Crippen LogP contribution >= 0.6 is 23.2 Å². The van der Waals surface area contributed by atoms with Crippen molar-refractivity contribution >= 4 is 35.0 Å². The third-order valence-electron chi connectivity index (χ3n) is 5.32. The van der Waals surface area contributed by atoms with Gasteiger partial charge in [-0.3, -0.25) is 9.59 Å². The Morgan fingerprint density at radius 2 is 1.71 bits per heavy atom. The summed E-state index contributed by atoms with van der Waals surface area (Å²) in [5.41, 5.74) is 1.24. The number of nitrogens with zero attached hydrogens (tertiary/aromatic N) is 1. The highest BCUT2D eigenvalue weighted by atomic mass is 35.5. The first kappa shape index (κ1) is 27.8. The van der Waals surface area contributed by atoms with Crippen LogP contribution in [0.3, 0.4) is 0 Å². The van der Waals surface area contributed by atoms with Gasteiger partial charge in [0.25, 0.3) is 0 Å². The molecule has 0 bridgehead atoms. The molecule has 0 aliphatic carbocycles. The molecule has 8 heteroatoms. The normalized spacial score (nSPS) is 12.1. The largest absolute Gasteiger partial charge is 0.493 e. The molecule has 1 N–H and O–H groups in total. The predicted octanol–water partition coefficient (Wildman–Crippen LogP) is 5.67. The lowest BCUT2D eigenvalue weighted by atomic mass is 10.0. The number of ether oxygens (including phenoxy) is 2. The second-order valence-electron chi connectivity index (χ2n) is 9.11. The molecule has 2 aromatic rings. The third kappa shape index (κ3) is 7.81. The number of benzene rings is 2. The molecule has 0 unspecified atom stereocenters. The first-order valence-corrected chi connectivity index (χ1v) is 12.0. The van der Waals surface area contributed by atoms with Crippen molar-refractivity contribution in [3.63, 3.8) is 0 Å². The molecule has 0 radical (unpaired) electrons. The highest BCUT2D eigenvalue weighted by Gasteiger charge is 2.30. The van der Waals surface area contributed by atoms with Crippen LogP contribution in [-0.4, -0.2) is 42.5 Å². The Morgan fingerprint density at radius 3 is 2.26 bits per heavy atom. The zero-order chi connectivity index (χ0) is 25.5. The Morgan fingerprint density at radius 1 is 1.03 bits per heavy atom. The first-order valence-electron chi connectivity index (χ1n) is 11.2. The van der Waals surface area contributed by atoms with Gasteiger partial charge in [-0.05, 0) is 69.0 Å². The van der Waals surface area contributed by atoms with Crippen molar-refractivity contribution in [1.29, 1.82) is 0 Å². The highest BCUT2D eigenvalue weighted by molar-refractivity contribution is 6.35. The van der Waals surface area contributed by atoms with Crippen LogP contribution in [0.5, 0.6) is 11.5 Å². The topological polar surface area (TPSA) is 67.9 Å². The molecule has 2 rings (SSSR count). The fraction of sp³-hybridized carbons (Fsp3) is 0.462. The number of aryl methyl sites for hydroxylation is 1. The molecule has 0 spiro atoms. The lowest BCUT2D eigenvalue weighted by molar-refractivity contribution is -0.142. The summed E-state index contributed by atoms with van der Waals surface area (Å²) >= 11 is 12.4. The molecule has 0 aliphatic heterocycles. The van der Waals surface area contributed by atoms with Crippen LogP contribution in [0.1, 0.15) is 51.7 Å². The van der Waals surface area contributed by atoms with E-state index in [2.05, 4.69) is 5.32 Å². The molecule has 2 amide bonds. The van der Waals surface area contributed by atoms with Gasteiger partial charge >= 0.3 is 0 Å². The van der Waals surface area contributed by atoms with Crippen LogP contribution in [0.15, 0.2) is 36.4 Å². The first-order chi connectivity index (χ1) is 16.0. The van der Waals surface area contributed by atoms with Crippen molar-refractivity contribution in [2.24, 2.45) is 0 Å². The lowest BCUT2D eigenvalue weighted by Gasteiger charge is -2.33. The average Bonchev–Trinajstić information content (AvgIpc) is 2.77. The van der Waals surface area contributed by atoms with E-state index in [0.717, 1.165) is 11.1 Å². The summed E-state index contributed by atoms with van der Waals surface area (Å²) in [6.07, 6.45) is 1.18. The highest BCUT2D eigenvalue weighted by Crippen LogP contribution is 2.29. The molecule has 6 nitrogen and oxygen atoms in total. The minimum atomic E-state index is -0.635. The number of hydrogen-bond acceptors (Lipinski definition) is 4. The Labute approximate surface area is 212 Å². The van der Waals surface area contributed by atoms with Crippen molar-refractivity contribution in [2.75, 3.05) is 14.2 Å². The number of rotatable bonds is 10. The van der Waals surface area contributed by atoms with Crippen molar-refractivity contribution in [1.82, 2.24) is 10.2 Å². The molecular weight excluding hydrogens is 475 g/mol. The molecule has 0 fully saturated rings. The number of nitrogens with one attached hydrogen (secondary N) is 1. The van der Waals surface area contributed by atoms with Crippen LogP contribution in [-0.2, 0) is 22.6 Å². The standard InChI is InChI=1S/C26H34Cl2N2O4/c1-7-21(25(32)29-26(2,3)4)30(16-18-10-11-19(27)15-20(18)28)24(31)13-9-17-8-12-22(33-5)23(14-17)34-6/h8,10-12,14-15,21H,7,9,13,16H2,1-6H3,(H,29,32)/t21-/m0/s1. The molecular formula is C26H34Cl2N2O4. The predicted molar refractivity (Wildman–Crippen MR) is 137 cm³/mol. The van der Waals surface area contributed by atoms with Gasteiger partial charge in [0.1, 0.15) is 6.04 Å². The summed E-state index contributed by atoms with van der Waals surface area (Å²) in [5.74, 6) is 0.894. The van der Waals surface area contributed by atoms with Gasteiger partial charge in [0.05, 0.1) is 14.2 Å². The van der Waals surface area contributed by atoms with Crippen molar-refractivity contribution in [3.05, 3.63) is 57.6 Å². The van der Waals surface area contributed by atoms with E-state index >= 15 is 0 Å². The van der Waals surface area contributed by atoms with Gasteiger partial charge in [-0.15, -0.1) is 0 Å². The van der Waals surface area contributed by atoms with Gasteiger partial charge in [-0.25, -0.2) is 0 Å². The molecule has 34 heavy (non-hydrogen) atoms. The monoisotopic (exact) mass is 508 g/mol. The van der Waals surface area contributed by atoms with E-state index < -0.39 is 11.6 Å². The molecule has 0 heterocycles. The van der Waals surface area contributed by atoms with E-state index in [4.69, 9.17) is 32.7 Å². The molecule has 0 aliphatic rings. The Balaban J connectivity index is 2.29. The Kier molecular flexibility index (Phi) is 10.1. The van der Waals surface area contributed by atoms with E-state index in [0.29, 0.717) is 34.4 Å². The number of hydrogen-bond donors (Lipinski definition) is 1. The maximum absolute atomic E-state index is 13.5. The number of carbonyl (C=O) groups is 2. The summed E-state index contributed by atoms with van der Waals surface area (Å²) in [5, 5.41) is 3.97. The maximum Gasteiger partial charge on any atom is 0.243 e. The summed E-state index contributed by atoms with van der Waals surface area (Å²) < 4.78 is 10.7. The molecule has 0 aromatic heterocycles. The summed E-state index contributed by atoms with van der Waals surface area (Å²) in [6.45, 7) is 7.84. The summed E-state index contributed by atoms with van der Waals surface area (Å²) in [6, 6.07) is 10.1. The fourth-order valence-electron chi connectivity index (χ4n) is 3.64. The number of halogens is 2. The Bertz CT molecular complexity index is 1000. The molecule has 2 aromatic carbocycles. The quantitative estimate of drug-likeness (QED) is 0.449. The van der Waals surface area contributed by atoms with Crippen LogP contribution < -0.4 is 14.8 Å². The van der Waals surface area contributed by atoms with Gasteiger partial charge in [-0.1, -0.05) is 42.3 Å². The van der Waals surface area contributed by atoms with Crippen molar-refractivity contribution in [3.8, 4) is 11.5 Å². The van der Waals surface area contributed by atoms with Gasteiger partial charge in [0.2, 0.25) is 11.8 Å². The maximum atomic E-state index is 13.5. The smallest absolute Gasteiger partial charge is 0.243 e. The van der Waals surface area contributed by atoms with E-state index in [1.807, 2.05) is 45.9 Å². The lowest BCUT2D eigenvalue weighted by Crippen LogP contribution is -2.53. The van der Waals surface area contributed by atoms with E-state index in [1.165, 1.54) is 0 Å². The van der Waals surface area contributed by atoms with Crippen LogP contribution in [0.4, 0.5) is 0 Å². The van der Waals surface area contributed by atoms with Crippen LogP contribution in [0, 0.1) is 0 Å². The SMILES string of the molecule is CC[C@@H](C(=O)NC(C)(C)C)N(Cc1ccc(Cl)cc1Cl)C(=O)CCc1ccc(OC)c(OC)c1. The average molecular weight is 509 g/mol. The molecule has 1 atom stereocenters. The van der Waals surface area contributed by atoms with Gasteiger partial charge in [0, 0.05) is 28.5 Å². The van der Waals surface area contributed by atoms with Gasteiger partial charge in [-0.2, -0.15) is 0 Å². The minimum absolute atomic E-state index is 0.142. The Hall–Kier alpha value is -2.44. The van der Waals surface area contributed by atoms with E-state index in [1.54, 1.807) is 37.3 Å². The van der Waals surface area contributed by atoms with Gasteiger partial charge < -0.3 is 19.7 Å². The van der Waals surface area contributed by atoms with Crippen molar-refractivity contribution in [2.45, 2.75) is 65.1 Å². The number of methoxy groups -OCH3 is 2. The zero-order valence-corrected chi connectivity index (χ0v) is 22.2. The number of amides is 2. The summed E-state index contributed by atoms with van der Waals surface area (Å²) in [7, 11) is 3.15. The number of carbonyl (C=O) groups excluding carboxylic acids is 2. The zero-order valence-electron chi connectivity index (χ0n) is 20.7. The molecule has 0 saturated heterocycles. The fourth-order valence-corrected chi connectivity index (χ4v) is 4.11. The van der Waals surface area contributed by atoms with E-state index in [-0.39, 0.29) is 24.8 Å².